The molecule has 2 aromatic carbocycles. The zero-order valence-electron chi connectivity index (χ0n) is 12.2. The first-order chi connectivity index (χ1) is 10.1. The number of para-hydroxylation sites is 1. The monoisotopic (exact) mass is 299 g/mol. The molecule has 0 saturated heterocycles. The summed E-state index contributed by atoms with van der Waals surface area (Å²) < 4.78 is 0. The minimum atomic E-state index is 0.671. The summed E-state index contributed by atoms with van der Waals surface area (Å²) in [6, 6.07) is 16.4. The van der Waals surface area contributed by atoms with Crippen LogP contribution in [0.5, 0.6) is 0 Å². The molecule has 0 aliphatic heterocycles. The molecule has 0 amide bonds. The van der Waals surface area contributed by atoms with Gasteiger partial charge in [0, 0.05) is 36.4 Å². The number of benzene rings is 2. The van der Waals surface area contributed by atoms with Gasteiger partial charge in [-0.25, -0.2) is 0 Å². The standard InChI is InChI=1S/C17H18ClN3/c1-21(2)13-7-5-6-12(10-13)19-11-16-17(18)14-8-3-4-9-15(14)20-16/h3-10,19-20H,11H2,1-2H3. The van der Waals surface area contributed by atoms with Crippen molar-refractivity contribution in [3.8, 4) is 0 Å². The third-order valence-corrected chi connectivity index (χ3v) is 3.98. The Bertz CT molecular complexity index is 762. The summed E-state index contributed by atoms with van der Waals surface area (Å²) in [6.07, 6.45) is 0. The molecule has 3 nitrogen and oxygen atoms in total. The molecule has 2 N–H and O–H groups in total. The third-order valence-electron chi connectivity index (χ3n) is 3.55. The van der Waals surface area contributed by atoms with Gasteiger partial charge in [-0.2, -0.15) is 0 Å². The number of aromatic nitrogens is 1. The fourth-order valence-corrected chi connectivity index (χ4v) is 2.65. The zero-order valence-corrected chi connectivity index (χ0v) is 12.9. The van der Waals surface area contributed by atoms with Crippen molar-refractivity contribution in [1.29, 1.82) is 0 Å². The maximum atomic E-state index is 6.43. The minimum absolute atomic E-state index is 0.671. The van der Waals surface area contributed by atoms with Gasteiger partial charge >= 0.3 is 0 Å². The first-order valence-electron chi connectivity index (χ1n) is 6.91. The Morgan fingerprint density at radius 2 is 1.90 bits per heavy atom. The fourth-order valence-electron chi connectivity index (χ4n) is 2.37. The van der Waals surface area contributed by atoms with Gasteiger partial charge in [-0.1, -0.05) is 35.9 Å². The number of nitrogens with one attached hydrogen (secondary N) is 2. The summed E-state index contributed by atoms with van der Waals surface area (Å²) in [5.41, 5.74) is 4.33. The van der Waals surface area contributed by atoms with E-state index in [1.165, 1.54) is 5.69 Å². The second-order valence-electron chi connectivity index (χ2n) is 5.26. The molecule has 1 aromatic heterocycles. The molecule has 0 aliphatic rings. The molecule has 21 heavy (non-hydrogen) atoms. The lowest BCUT2D eigenvalue weighted by molar-refractivity contribution is 1.08. The van der Waals surface area contributed by atoms with Crippen LogP contribution in [-0.2, 0) is 6.54 Å². The van der Waals surface area contributed by atoms with E-state index in [1.54, 1.807) is 0 Å². The summed E-state index contributed by atoms with van der Waals surface area (Å²) in [5, 5.41) is 5.28. The molecule has 0 bridgehead atoms. The van der Waals surface area contributed by atoms with E-state index in [-0.39, 0.29) is 0 Å². The van der Waals surface area contributed by atoms with Crippen LogP contribution in [-0.4, -0.2) is 19.1 Å². The number of hydrogen-bond donors (Lipinski definition) is 2. The Balaban J connectivity index is 1.80. The van der Waals surface area contributed by atoms with E-state index in [0.29, 0.717) is 6.54 Å². The van der Waals surface area contributed by atoms with E-state index in [2.05, 4.69) is 33.4 Å². The number of fused-ring (bicyclic) bond motifs is 1. The molecular weight excluding hydrogens is 282 g/mol. The normalized spacial score (nSPS) is 10.8. The summed E-state index contributed by atoms with van der Waals surface area (Å²) in [5.74, 6) is 0. The van der Waals surface area contributed by atoms with Crippen LogP contribution < -0.4 is 10.2 Å². The maximum absolute atomic E-state index is 6.43. The highest BCUT2D eigenvalue weighted by Gasteiger charge is 2.08. The SMILES string of the molecule is CN(C)c1cccc(NCc2[nH]c3ccccc3c2Cl)c1. The third kappa shape index (κ3) is 2.83. The molecule has 108 valence electrons. The molecule has 0 unspecified atom stereocenters. The van der Waals surface area contributed by atoms with Gasteiger partial charge < -0.3 is 15.2 Å². The van der Waals surface area contributed by atoms with Gasteiger partial charge in [0.25, 0.3) is 0 Å². The second-order valence-corrected chi connectivity index (χ2v) is 5.64. The van der Waals surface area contributed by atoms with Gasteiger partial charge in [0.15, 0.2) is 0 Å². The van der Waals surface area contributed by atoms with Crippen molar-refractivity contribution in [1.82, 2.24) is 4.98 Å². The Labute approximate surface area is 129 Å². The highest BCUT2D eigenvalue weighted by Crippen LogP contribution is 2.28. The number of rotatable bonds is 4. The number of aromatic amines is 1. The van der Waals surface area contributed by atoms with E-state index in [9.17, 15) is 0 Å². The van der Waals surface area contributed by atoms with E-state index < -0.39 is 0 Å². The fraction of sp³-hybridized carbons (Fsp3) is 0.176. The first-order valence-corrected chi connectivity index (χ1v) is 7.29. The van der Waals surface area contributed by atoms with Crippen molar-refractivity contribution in [2.24, 2.45) is 0 Å². The second kappa shape index (κ2) is 5.70. The van der Waals surface area contributed by atoms with Crippen LogP contribution in [0.25, 0.3) is 10.9 Å². The van der Waals surface area contributed by atoms with Crippen molar-refractivity contribution >= 4 is 33.9 Å². The van der Waals surface area contributed by atoms with Crippen LogP contribution in [0.3, 0.4) is 0 Å². The average molecular weight is 300 g/mol. The topological polar surface area (TPSA) is 31.1 Å². The van der Waals surface area contributed by atoms with Crippen molar-refractivity contribution in [3.63, 3.8) is 0 Å². The molecule has 0 radical (unpaired) electrons. The number of H-pyrrole nitrogens is 1. The molecular formula is C17H18ClN3. The lowest BCUT2D eigenvalue weighted by atomic mass is 10.2. The van der Waals surface area contributed by atoms with Crippen molar-refractivity contribution in [2.75, 3.05) is 24.3 Å². The summed E-state index contributed by atoms with van der Waals surface area (Å²) in [4.78, 5) is 5.45. The lowest BCUT2D eigenvalue weighted by Gasteiger charge is -2.14. The van der Waals surface area contributed by atoms with Crippen molar-refractivity contribution in [3.05, 3.63) is 59.2 Å². The molecule has 0 saturated carbocycles. The molecule has 4 heteroatoms. The summed E-state index contributed by atoms with van der Waals surface area (Å²) in [6.45, 7) is 0.671. The molecule has 3 aromatic rings. The average Bonchev–Trinajstić information content (AvgIpc) is 2.82. The van der Waals surface area contributed by atoms with E-state index in [1.807, 2.05) is 44.4 Å². The van der Waals surface area contributed by atoms with Crippen LogP contribution in [0.15, 0.2) is 48.5 Å². The quantitative estimate of drug-likeness (QED) is 0.743. The maximum Gasteiger partial charge on any atom is 0.0710 e. The van der Waals surface area contributed by atoms with Crippen molar-refractivity contribution in [2.45, 2.75) is 6.54 Å². The smallest absolute Gasteiger partial charge is 0.0710 e. The largest absolute Gasteiger partial charge is 0.379 e. The number of nitrogens with zero attached hydrogens (tertiary/aromatic N) is 1. The molecule has 3 rings (SSSR count). The predicted molar refractivity (Wildman–Crippen MR) is 91.4 cm³/mol. The molecule has 0 fully saturated rings. The summed E-state index contributed by atoms with van der Waals surface area (Å²) in [7, 11) is 4.07. The molecule has 0 atom stereocenters. The van der Waals surface area contributed by atoms with E-state index >= 15 is 0 Å². The Morgan fingerprint density at radius 1 is 1.10 bits per heavy atom. The van der Waals surface area contributed by atoms with Crippen LogP contribution in [0, 0.1) is 0 Å². The summed E-state index contributed by atoms with van der Waals surface area (Å²) >= 11 is 6.43. The highest BCUT2D eigenvalue weighted by molar-refractivity contribution is 6.36. The van der Waals surface area contributed by atoms with Crippen LogP contribution in [0.2, 0.25) is 5.02 Å². The van der Waals surface area contributed by atoms with Gasteiger partial charge in [-0.3, -0.25) is 0 Å². The van der Waals surface area contributed by atoms with Gasteiger partial charge in [0.1, 0.15) is 0 Å². The molecule has 0 aliphatic carbocycles. The van der Waals surface area contributed by atoms with E-state index in [0.717, 1.165) is 27.3 Å². The Kier molecular flexibility index (Phi) is 3.76. The predicted octanol–water partition coefficient (Wildman–Crippen LogP) is 4.50. The zero-order chi connectivity index (χ0) is 14.8. The van der Waals surface area contributed by atoms with Crippen LogP contribution in [0.4, 0.5) is 11.4 Å². The lowest BCUT2D eigenvalue weighted by Crippen LogP contribution is -2.09. The Morgan fingerprint density at radius 3 is 2.67 bits per heavy atom. The number of hydrogen-bond acceptors (Lipinski definition) is 2. The van der Waals surface area contributed by atoms with Gasteiger partial charge in [-0.15, -0.1) is 0 Å². The van der Waals surface area contributed by atoms with Gasteiger partial charge in [0.2, 0.25) is 0 Å². The van der Waals surface area contributed by atoms with E-state index in [4.69, 9.17) is 11.6 Å². The van der Waals surface area contributed by atoms with Crippen LogP contribution in [0.1, 0.15) is 5.69 Å². The molecule has 1 heterocycles. The number of halogens is 1. The minimum Gasteiger partial charge on any atom is -0.379 e. The Hall–Kier alpha value is -2.13. The molecule has 0 spiro atoms. The van der Waals surface area contributed by atoms with Gasteiger partial charge in [0.05, 0.1) is 17.3 Å². The van der Waals surface area contributed by atoms with Gasteiger partial charge in [-0.05, 0) is 24.3 Å². The highest BCUT2D eigenvalue weighted by atomic mass is 35.5. The first kappa shape index (κ1) is 13.8. The van der Waals surface area contributed by atoms with Crippen molar-refractivity contribution < 1.29 is 0 Å². The number of anilines is 2. The van der Waals surface area contributed by atoms with Crippen LogP contribution >= 0.6 is 11.6 Å².